The third-order valence-electron chi connectivity index (χ3n) is 2.60. The van der Waals surface area contributed by atoms with E-state index in [9.17, 15) is 0 Å². The lowest BCUT2D eigenvalue weighted by atomic mass is 10.0. The number of hydrogen-bond acceptors (Lipinski definition) is 0. The van der Waals surface area contributed by atoms with Gasteiger partial charge in [-0.25, -0.2) is 0 Å². The minimum Gasteiger partial charge on any atom is -0.0812 e. The lowest BCUT2D eigenvalue weighted by Crippen LogP contribution is -1.86. The summed E-state index contributed by atoms with van der Waals surface area (Å²) in [7, 11) is 0. The fraction of sp³-hybridized carbons (Fsp3) is 0.143. The van der Waals surface area contributed by atoms with Gasteiger partial charge < -0.3 is 0 Å². The lowest BCUT2D eigenvalue weighted by molar-refractivity contribution is 1.33. The van der Waals surface area contributed by atoms with Gasteiger partial charge in [0.25, 0.3) is 0 Å². The zero-order valence-electron chi connectivity index (χ0n) is 8.70. The summed E-state index contributed by atoms with van der Waals surface area (Å²) in [4.78, 5) is 0. The first-order valence-electron chi connectivity index (χ1n) is 5.02. The third kappa shape index (κ3) is 2.40. The maximum absolute atomic E-state index is 2.41. The van der Waals surface area contributed by atoms with E-state index in [0.717, 1.165) is 4.43 Å². The largest absolute Gasteiger partial charge is 0.0812 e. The topological polar surface area (TPSA) is 0 Å². The van der Waals surface area contributed by atoms with Crippen LogP contribution in [-0.4, -0.2) is 0 Å². The van der Waals surface area contributed by atoms with E-state index in [4.69, 9.17) is 0 Å². The van der Waals surface area contributed by atoms with Gasteiger partial charge in [0.05, 0.1) is 0 Å². The average molecular weight is 308 g/mol. The van der Waals surface area contributed by atoms with Crippen molar-refractivity contribution in [2.45, 2.75) is 11.4 Å². The summed E-state index contributed by atoms with van der Waals surface area (Å²) in [6, 6.07) is 17.2. The maximum atomic E-state index is 2.41. The predicted molar refractivity (Wildman–Crippen MR) is 74.3 cm³/mol. The zero-order chi connectivity index (χ0) is 10.7. The van der Waals surface area contributed by atoms with Crippen LogP contribution in [0.4, 0.5) is 0 Å². The van der Waals surface area contributed by atoms with Crippen molar-refractivity contribution in [3.05, 3.63) is 59.7 Å². The van der Waals surface area contributed by atoms with Gasteiger partial charge in [0.1, 0.15) is 0 Å². The Kier molecular flexibility index (Phi) is 3.41. The molecule has 0 atom stereocenters. The molecule has 0 saturated carbocycles. The molecule has 0 aliphatic carbocycles. The molecule has 15 heavy (non-hydrogen) atoms. The van der Waals surface area contributed by atoms with Gasteiger partial charge in [0, 0.05) is 4.43 Å². The normalized spacial score (nSPS) is 10.3. The first-order valence-corrected chi connectivity index (χ1v) is 6.55. The number of halogens is 1. The van der Waals surface area contributed by atoms with Gasteiger partial charge in [0.2, 0.25) is 0 Å². The summed E-state index contributed by atoms with van der Waals surface area (Å²) in [6.45, 7) is 2.17. The Morgan fingerprint density at radius 3 is 2.33 bits per heavy atom. The highest BCUT2D eigenvalue weighted by Gasteiger charge is 2.00. The van der Waals surface area contributed by atoms with E-state index in [2.05, 4.69) is 78.0 Å². The first-order chi connectivity index (χ1) is 7.31. The molecule has 1 heteroatoms. The summed E-state index contributed by atoms with van der Waals surface area (Å²) in [6.07, 6.45) is 0. The molecule has 76 valence electrons. The molecule has 0 fully saturated rings. The summed E-state index contributed by atoms with van der Waals surface area (Å²) >= 11 is 2.41. The molecule has 0 nitrogen and oxygen atoms in total. The number of rotatable bonds is 2. The second kappa shape index (κ2) is 4.79. The Morgan fingerprint density at radius 1 is 0.933 bits per heavy atom. The molecular weight excluding hydrogens is 295 g/mol. The van der Waals surface area contributed by atoms with Crippen molar-refractivity contribution in [2.24, 2.45) is 0 Å². The van der Waals surface area contributed by atoms with E-state index in [0.29, 0.717) is 0 Å². The van der Waals surface area contributed by atoms with Gasteiger partial charge in [-0.15, -0.1) is 0 Å². The molecular formula is C14H13I. The van der Waals surface area contributed by atoms with Crippen molar-refractivity contribution in [2.75, 3.05) is 0 Å². The highest BCUT2D eigenvalue weighted by molar-refractivity contribution is 14.1. The van der Waals surface area contributed by atoms with E-state index in [1.807, 2.05) is 0 Å². The van der Waals surface area contributed by atoms with Crippen LogP contribution in [0.5, 0.6) is 0 Å². The summed E-state index contributed by atoms with van der Waals surface area (Å²) in [5.41, 5.74) is 5.41. The van der Waals surface area contributed by atoms with Crippen molar-refractivity contribution >= 4 is 22.6 Å². The van der Waals surface area contributed by atoms with Crippen LogP contribution in [0.3, 0.4) is 0 Å². The first kappa shape index (κ1) is 10.7. The standard InChI is InChI=1S/C14H13I/c1-11-7-8-13(9-14(11)10-15)12-5-3-2-4-6-12/h2-9H,10H2,1H3. The van der Waals surface area contributed by atoms with Crippen LogP contribution >= 0.6 is 22.6 Å². The molecule has 0 bridgehead atoms. The number of alkyl halides is 1. The maximum Gasteiger partial charge on any atom is 0.0249 e. The van der Waals surface area contributed by atoms with Crippen molar-refractivity contribution in [3.8, 4) is 11.1 Å². The van der Waals surface area contributed by atoms with Gasteiger partial charge in [0.15, 0.2) is 0 Å². The highest BCUT2D eigenvalue weighted by atomic mass is 127. The van der Waals surface area contributed by atoms with Crippen molar-refractivity contribution in [3.63, 3.8) is 0 Å². The van der Waals surface area contributed by atoms with Gasteiger partial charge in [-0.3, -0.25) is 0 Å². The van der Waals surface area contributed by atoms with E-state index in [-0.39, 0.29) is 0 Å². The molecule has 2 rings (SSSR count). The molecule has 0 aliphatic rings. The van der Waals surface area contributed by atoms with Gasteiger partial charge in [-0.2, -0.15) is 0 Å². The molecule has 0 spiro atoms. The van der Waals surface area contributed by atoms with Crippen LogP contribution < -0.4 is 0 Å². The van der Waals surface area contributed by atoms with E-state index >= 15 is 0 Å². The molecule has 0 aromatic heterocycles. The SMILES string of the molecule is Cc1ccc(-c2ccccc2)cc1CI. The van der Waals surface area contributed by atoms with Gasteiger partial charge in [-0.1, -0.05) is 71.1 Å². The van der Waals surface area contributed by atoms with E-state index in [1.54, 1.807) is 0 Å². The summed E-state index contributed by atoms with van der Waals surface area (Å²) in [5, 5.41) is 0. The second-order valence-electron chi connectivity index (χ2n) is 3.64. The zero-order valence-corrected chi connectivity index (χ0v) is 10.9. The molecule has 0 saturated heterocycles. The summed E-state index contributed by atoms with van der Waals surface area (Å²) < 4.78 is 1.07. The Morgan fingerprint density at radius 2 is 1.67 bits per heavy atom. The van der Waals surface area contributed by atoms with Crippen LogP contribution in [-0.2, 0) is 4.43 Å². The average Bonchev–Trinajstić information content (AvgIpc) is 2.31. The predicted octanol–water partition coefficient (Wildman–Crippen LogP) is 4.60. The number of hydrogen-bond donors (Lipinski definition) is 0. The van der Waals surface area contributed by atoms with Crippen molar-refractivity contribution < 1.29 is 0 Å². The lowest BCUT2D eigenvalue weighted by Gasteiger charge is -2.06. The molecule has 0 heterocycles. The third-order valence-corrected chi connectivity index (χ3v) is 3.42. The highest BCUT2D eigenvalue weighted by Crippen LogP contribution is 2.23. The quantitative estimate of drug-likeness (QED) is 0.562. The molecule has 2 aromatic rings. The monoisotopic (exact) mass is 308 g/mol. The van der Waals surface area contributed by atoms with Crippen LogP contribution in [0.15, 0.2) is 48.5 Å². The fourth-order valence-electron chi connectivity index (χ4n) is 1.63. The fourth-order valence-corrected chi connectivity index (χ4v) is 2.45. The van der Waals surface area contributed by atoms with Gasteiger partial charge in [-0.05, 0) is 29.2 Å². The van der Waals surface area contributed by atoms with Crippen LogP contribution in [0, 0.1) is 6.92 Å². The minimum absolute atomic E-state index is 1.07. The van der Waals surface area contributed by atoms with E-state index < -0.39 is 0 Å². The molecule has 0 amide bonds. The Hall–Kier alpha value is -0.830. The Labute approximate surface area is 104 Å². The smallest absolute Gasteiger partial charge is 0.0249 e. The Bertz CT molecular complexity index is 446. The van der Waals surface area contributed by atoms with Crippen LogP contribution in [0.2, 0.25) is 0 Å². The molecule has 0 unspecified atom stereocenters. The number of benzene rings is 2. The summed E-state index contributed by atoms with van der Waals surface area (Å²) in [5.74, 6) is 0. The molecule has 0 aliphatic heterocycles. The number of aryl methyl sites for hydroxylation is 1. The molecule has 2 aromatic carbocycles. The molecule has 0 N–H and O–H groups in total. The van der Waals surface area contributed by atoms with Crippen molar-refractivity contribution in [1.82, 2.24) is 0 Å². The Balaban J connectivity index is 2.46. The minimum atomic E-state index is 1.07. The second-order valence-corrected chi connectivity index (χ2v) is 4.40. The van der Waals surface area contributed by atoms with Gasteiger partial charge >= 0.3 is 0 Å². The molecule has 0 radical (unpaired) electrons. The van der Waals surface area contributed by atoms with Crippen LogP contribution in [0.25, 0.3) is 11.1 Å². The van der Waals surface area contributed by atoms with E-state index in [1.165, 1.54) is 22.3 Å². The van der Waals surface area contributed by atoms with Crippen LogP contribution in [0.1, 0.15) is 11.1 Å². The van der Waals surface area contributed by atoms with Crippen molar-refractivity contribution in [1.29, 1.82) is 0 Å².